The van der Waals surface area contributed by atoms with Crippen molar-refractivity contribution in [1.82, 2.24) is 15.5 Å². The fraction of sp³-hybridized carbons (Fsp3) is 0.583. The first kappa shape index (κ1) is 26.9. The van der Waals surface area contributed by atoms with Gasteiger partial charge >= 0.3 is 6.09 Å². The van der Waals surface area contributed by atoms with E-state index in [0.29, 0.717) is 12.8 Å². The van der Waals surface area contributed by atoms with E-state index in [9.17, 15) is 24.3 Å². The van der Waals surface area contributed by atoms with Gasteiger partial charge in [0.05, 0.1) is 6.42 Å². The minimum absolute atomic E-state index is 0.151. The summed E-state index contributed by atoms with van der Waals surface area (Å²) in [6, 6.07) is 3.43. The Labute approximate surface area is 200 Å². The number of carbonyl (C=O) groups excluding carboxylic acids is 4. The van der Waals surface area contributed by atoms with Gasteiger partial charge in [0.15, 0.2) is 0 Å². The van der Waals surface area contributed by atoms with Gasteiger partial charge in [-0.3, -0.25) is 14.4 Å². The van der Waals surface area contributed by atoms with Crippen molar-refractivity contribution >= 4 is 23.8 Å². The average molecular weight is 477 g/mol. The lowest BCUT2D eigenvalue weighted by atomic mass is 9.99. The zero-order chi connectivity index (χ0) is 25.8. The van der Waals surface area contributed by atoms with E-state index < -0.39 is 53.5 Å². The van der Waals surface area contributed by atoms with Gasteiger partial charge in [-0.1, -0.05) is 18.2 Å². The van der Waals surface area contributed by atoms with Crippen molar-refractivity contribution in [3.05, 3.63) is 29.8 Å². The number of phenolic OH excluding ortho intramolecular Hbond substituents is 1. The Balaban J connectivity index is 2.48. The second kappa shape index (κ2) is 10.3. The van der Waals surface area contributed by atoms with Crippen LogP contribution in [-0.2, 0) is 19.1 Å². The second-order valence-corrected chi connectivity index (χ2v) is 10.5. The molecule has 188 valence electrons. The van der Waals surface area contributed by atoms with Crippen molar-refractivity contribution in [3.8, 4) is 5.75 Å². The molecule has 0 radical (unpaired) electrons. The lowest BCUT2D eigenvalue weighted by Crippen LogP contribution is -2.56. The number of phenols is 1. The number of rotatable bonds is 8. The third-order valence-corrected chi connectivity index (χ3v) is 4.85. The van der Waals surface area contributed by atoms with Crippen LogP contribution in [0.4, 0.5) is 4.79 Å². The summed E-state index contributed by atoms with van der Waals surface area (Å²) in [5.74, 6) is -2.11. The van der Waals surface area contributed by atoms with E-state index in [1.807, 2.05) is 0 Å². The van der Waals surface area contributed by atoms with E-state index in [-0.39, 0.29) is 17.4 Å². The number of ether oxygens (including phenoxy) is 1. The molecule has 4 amide bonds. The predicted molar refractivity (Wildman–Crippen MR) is 126 cm³/mol. The van der Waals surface area contributed by atoms with E-state index in [4.69, 9.17) is 10.5 Å². The molecule has 1 saturated carbocycles. The van der Waals surface area contributed by atoms with Crippen LogP contribution in [0.1, 0.15) is 72.4 Å². The molecule has 10 heteroatoms. The Kier molecular flexibility index (Phi) is 8.18. The van der Waals surface area contributed by atoms with E-state index >= 15 is 0 Å². The molecular weight excluding hydrogens is 440 g/mol. The molecule has 0 aliphatic heterocycles. The summed E-state index contributed by atoms with van der Waals surface area (Å²) in [6.07, 6.45) is -0.0978. The van der Waals surface area contributed by atoms with Crippen molar-refractivity contribution in [2.24, 2.45) is 5.73 Å². The highest BCUT2D eigenvalue weighted by atomic mass is 16.6. The number of nitrogens with one attached hydrogen (secondary N) is 2. The Bertz CT molecular complexity index is 930. The number of nitrogens with two attached hydrogens (primary N) is 1. The number of alkyl carbamates (subject to hydrolysis) is 1. The first-order valence-corrected chi connectivity index (χ1v) is 11.3. The van der Waals surface area contributed by atoms with Crippen molar-refractivity contribution in [2.75, 3.05) is 0 Å². The molecule has 1 aromatic carbocycles. The number of para-hydroxylation sites is 1. The fourth-order valence-electron chi connectivity index (χ4n) is 3.48. The van der Waals surface area contributed by atoms with Crippen molar-refractivity contribution < 1.29 is 29.0 Å². The molecule has 0 aromatic heterocycles. The molecule has 0 heterocycles. The lowest BCUT2D eigenvalue weighted by molar-refractivity contribution is -0.144. The molecule has 2 rings (SSSR count). The van der Waals surface area contributed by atoms with Gasteiger partial charge in [0.1, 0.15) is 23.4 Å². The maximum Gasteiger partial charge on any atom is 0.408 e. The van der Waals surface area contributed by atoms with Gasteiger partial charge in [0, 0.05) is 17.1 Å². The van der Waals surface area contributed by atoms with Crippen molar-refractivity contribution in [3.63, 3.8) is 0 Å². The Hall–Kier alpha value is -3.30. The minimum atomic E-state index is -1.34. The number of primary amides is 1. The van der Waals surface area contributed by atoms with Crippen LogP contribution in [0.15, 0.2) is 24.3 Å². The number of amides is 4. The summed E-state index contributed by atoms with van der Waals surface area (Å²) in [4.78, 5) is 52.7. The highest BCUT2D eigenvalue weighted by molar-refractivity contribution is 5.95. The first-order chi connectivity index (χ1) is 15.6. The molecule has 5 N–H and O–H groups in total. The first-order valence-electron chi connectivity index (χ1n) is 11.3. The molecule has 0 bridgehead atoms. The molecule has 0 saturated heterocycles. The number of nitrogens with zero attached hydrogens (tertiary/aromatic N) is 1. The molecule has 1 aliphatic carbocycles. The third-order valence-electron chi connectivity index (χ3n) is 4.85. The summed E-state index contributed by atoms with van der Waals surface area (Å²) in [7, 11) is 0. The molecule has 1 aliphatic rings. The smallest absolute Gasteiger partial charge is 0.408 e. The largest absolute Gasteiger partial charge is 0.508 e. The zero-order valence-electron chi connectivity index (χ0n) is 20.7. The van der Waals surface area contributed by atoms with Crippen molar-refractivity contribution in [1.29, 1.82) is 0 Å². The monoisotopic (exact) mass is 476 g/mol. The summed E-state index contributed by atoms with van der Waals surface area (Å²) in [5, 5.41) is 15.8. The van der Waals surface area contributed by atoms with E-state index in [2.05, 4.69) is 10.6 Å². The van der Waals surface area contributed by atoms with Gasteiger partial charge in [0.25, 0.3) is 0 Å². The average Bonchev–Trinajstić information content (AvgIpc) is 3.47. The van der Waals surface area contributed by atoms with Crippen LogP contribution in [0.25, 0.3) is 0 Å². The van der Waals surface area contributed by atoms with Crippen LogP contribution in [0, 0.1) is 0 Å². The van der Waals surface area contributed by atoms with Gasteiger partial charge in [0.2, 0.25) is 17.7 Å². The van der Waals surface area contributed by atoms with Crippen LogP contribution in [-0.4, -0.2) is 57.0 Å². The van der Waals surface area contributed by atoms with Crippen LogP contribution >= 0.6 is 0 Å². The fourth-order valence-corrected chi connectivity index (χ4v) is 3.48. The topological polar surface area (TPSA) is 151 Å². The quantitative estimate of drug-likeness (QED) is 0.451. The summed E-state index contributed by atoms with van der Waals surface area (Å²) < 4.78 is 5.24. The van der Waals surface area contributed by atoms with Gasteiger partial charge in [-0.2, -0.15) is 0 Å². The highest BCUT2D eigenvalue weighted by Crippen LogP contribution is 2.38. The van der Waals surface area contributed by atoms with Gasteiger partial charge in [-0.25, -0.2) is 4.79 Å². The molecule has 2 unspecified atom stereocenters. The molecular formula is C24H36N4O6. The number of hydrogen-bond donors (Lipinski definition) is 4. The van der Waals surface area contributed by atoms with Crippen LogP contribution in [0.2, 0.25) is 0 Å². The highest BCUT2D eigenvalue weighted by Gasteiger charge is 2.45. The molecule has 0 spiro atoms. The summed E-state index contributed by atoms with van der Waals surface area (Å²) in [6.45, 7) is 10.4. The minimum Gasteiger partial charge on any atom is -0.508 e. The second-order valence-electron chi connectivity index (χ2n) is 10.5. The summed E-state index contributed by atoms with van der Waals surface area (Å²) in [5.41, 5.74) is 4.16. The standard InChI is InChI=1S/C24H36N4O6/c1-23(2,3)27-20(31)19(15-9-7-8-10-17(15)29)28(14-11-12-14)21(32)16(13-18(25)30)26-22(33)34-24(4,5)6/h7-10,14,16,19,29H,11-13H2,1-6H3,(H2,25,30)(H,26,33)(H,27,31). The van der Waals surface area contributed by atoms with Crippen LogP contribution in [0.5, 0.6) is 5.75 Å². The van der Waals surface area contributed by atoms with E-state index in [0.717, 1.165) is 0 Å². The third kappa shape index (κ3) is 7.93. The maximum absolute atomic E-state index is 13.7. The number of carbonyl (C=O) groups is 4. The molecule has 1 fully saturated rings. The Morgan fingerprint density at radius 1 is 1.12 bits per heavy atom. The van der Waals surface area contributed by atoms with Gasteiger partial charge in [-0.15, -0.1) is 0 Å². The zero-order valence-corrected chi connectivity index (χ0v) is 20.7. The van der Waals surface area contributed by atoms with E-state index in [1.54, 1.807) is 59.7 Å². The molecule has 1 aromatic rings. The number of hydrogen-bond acceptors (Lipinski definition) is 6. The number of aromatic hydroxyl groups is 1. The van der Waals surface area contributed by atoms with Gasteiger partial charge in [-0.05, 0) is 60.5 Å². The number of benzene rings is 1. The molecule has 34 heavy (non-hydrogen) atoms. The Morgan fingerprint density at radius 2 is 1.71 bits per heavy atom. The Morgan fingerprint density at radius 3 is 2.18 bits per heavy atom. The summed E-state index contributed by atoms with van der Waals surface area (Å²) >= 11 is 0. The predicted octanol–water partition coefficient (Wildman–Crippen LogP) is 2.11. The SMILES string of the molecule is CC(C)(C)NC(=O)C(c1ccccc1O)N(C(=O)C(CC(N)=O)NC(=O)OC(C)(C)C)C1CC1. The van der Waals surface area contributed by atoms with Crippen LogP contribution in [0.3, 0.4) is 0 Å². The normalized spacial score (nSPS) is 15.6. The lowest BCUT2D eigenvalue weighted by Gasteiger charge is -2.36. The van der Waals surface area contributed by atoms with Crippen LogP contribution < -0.4 is 16.4 Å². The maximum atomic E-state index is 13.7. The van der Waals surface area contributed by atoms with Crippen molar-refractivity contribution in [2.45, 2.75) is 90.1 Å². The van der Waals surface area contributed by atoms with Gasteiger partial charge < -0.3 is 31.1 Å². The van der Waals surface area contributed by atoms with E-state index in [1.165, 1.54) is 11.0 Å². The molecule has 2 atom stereocenters. The molecule has 10 nitrogen and oxygen atoms in total.